The van der Waals surface area contributed by atoms with Gasteiger partial charge in [-0.2, -0.15) is 0 Å². The number of hydrogen-bond acceptors (Lipinski definition) is 5. The molecule has 1 N–H and O–H groups in total. The Kier molecular flexibility index (Phi) is 6.13. The molecule has 140 valence electrons. The number of anilines is 1. The summed E-state index contributed by atoms with van der Waals surface area (Å²) in [6.45, 7) is 4.74. The molecule has 0 saturated carbocycles. The lowest BCUT2D eigenvalue weighted by atomic mass is 10.2. The van der Waals surface area contributed by atoms with E-state index in [1.807, 2.05) is 66.9 Å². The second kappa shape index (κ2) is 8.73. The fourth-order valence-corrected chi connectivity index (χ4v) is 3.48. The molecule has 1 aromatic heterocycles. The van der Waals surface area contributed by atoms with Crippen LogP contribution in [0.1, 0.15) is 12.5 Å². The zero-order valence-corrected chi connectivity index (χ0v) is 16.4. The number of hydrogen-bond donors (Lipinski definition) is 1. The number of aromatic nitrogens is 3. The van der Waals surface area contributed by atoms with Crippen molar-refractivity contribution >= 4 is 23.4 Å². The van der Waals surface area contributed by atoms with E-state index in [0.29, 0.717) is 11.7 Å². The predicted molar refractivity (Wildman–Crippen MR) is 108 cm³/mol. The number of rotatable bonds is 7. The maximum absolute atomic E-state index is 12.2. The third-order valence-electron chi connectivity index (χ3n) is 4.05. The van der Waals surface area contributed by atoms with Crippen LogP contribution in [0.25, 0.3) is 11.4 Å². The molecule has 0 aliphatic rings. The van der Waals surface area contributed by atoms with Crippen LogP contribution in [0.2, 0.25) is 0 Å². The number of carbonyl (C=O) groups excluding carboxylic acids is 1. The van der Waals surface area contributed by atoms with Gasteiger partial charge in [0.05, 0.1) is 18.4 Å². The van der Waals surface area contributed by atoms with Gasteiger partial charge in [-0.3, -0.25) is 4.79 Å². The summed E-state index contributed by atoms with van der Waals surface area (Å²) >= 11 is 1.37. The molecule has 7 heteroatoms. The van der Waals surface area contributed by atoms with Crippen molar-refractivity contribution < 1.29 is 9.53 Å². The van der Waals surface area contributed by atoms with Gasteiger partial charge in [0.2, 0.25) is 5.91 Å². The molecule has 0 radical (unpaired) electrons. The van der Waals surface area contributed by atoms with Crippen LogP contribution < -0.4 is 10.1 Å². The van der Waals surface area contributed by atoms with E-state index in [9.17, 15) is 4.79 Å². The Labute approximate surface area is 163 Å². The van der Waals surface area contributed by atoms with Gasteiger partial charge in [-0.1, -0.05) is 41.6 Å². The number of nitrogens with zero attached hydrogens (tertiary/aromatic N) is 3. The summed E-state index contributed by atoms with van der Waals surface area (Å²) in [5, 5.41) is 12.2. The van der Waals surface area contributed by atoms with Gasteiger partial charge in [0.1, 0.15) is 5.75 Å². The van der Waals surface area contributed by atoms with Gasteiger partial charge < -0.3 is 14.6 Å². The fraction of sp³-hybridized carbons (Fsp3) is 0.250. The second-order valence-corrected chi connectivity index (χ2v) is 6.90. The first-order chi connectivity index (χ1) is 13.1. The van der Waals surface area contributed by atoms with Crippen LogP contribution in [0.15, 0.2) is 53.7 Å². The molecular weight excluding hydrogens is 360 g/mol. The Morgan fingerprint density at radius 3 is 2.59 bits per heavy atom. The van der Waals surface area contributed by atoms with Crippen LogP contribution in [0.3, 0.4) is 0 Å². The van der Waals surface area contributed by atoms with Gasteiger partial charge in [-0.05, 0) is 38.1 Å². The third-order valence-corrected chi connectivity index (χ3v) is 5.02. The highest BCUT2D eigenvalue weighted by molar-refractivity contribution is 7.99. The Hall–Kier alpha value is -2.80. The molecular formula is C20H22N4O2S. The van der Waals surface area contributed by atoms with Crippen molar-refractivity contribution in [3.8, 4) is 17.1 Å². The molecule has 0 aliphatic carbocycles. The molecule has 0 unspecified atom stereocenters. The van der Waals surface area contributed by atoms with E-state index in [1.54, 1.807) is 7.11 Å². The zero-order valence-electron chi connectivity index (χ0n) is 15.6. The minimum atomic E-state index is -0.0756. The molecule has 3 aromatic rings. The van der Waals surface area contributed by atoms with E-state index in [2.05, 4.69) is 15.5 Å². The maximum atomic E-state index is 12.2. The zero-order chi connectivity index (χ0) is 19.2. The Bertz CT molecular complexity index is 922. The molecule has 0 aliphatic heterocycles. The van der Waals surface area contributed by atoms with E-state index in [-0.39, 0.29) is 11.7 Å². The van der Waals surface area contributed by atoms with E-state index in [0.717, 1.165) is 28.4 Å². The molecule has 0 atom stereocenters. The molecule has 0 saturated heterocycles. The number of amides is 1. The topological polar surface area (TPSA) is 69.0 Å². The van der Waals surface area contributed by atoms with Crippen LogP contribution in [-0.2, 0) is 11.3 Å². The molecule has 0 bridgehead atoms. The number of carbonyl (C=O) groups is 1. The summed E-state index contributed by atoms with van der Waals surface area (Å²) in [5.41, 5.74) is 2.82. The van der Waals surface area contributed by atoms with Gasteiger partial charge in [-0.25, -0.2) is 0 Å². The summed E-state index contributed by atoms with van der Waals surface area (Å²) in [6.07, 6.45) is 0. The molecule has 6 nitrogen and oxygen atoms in total. The molecule has 0 fully saturated rings. The van der Waals surface area contributed by atoms with Gasteiger partial charge in [0, 0.05) is 12.2 Å². The Morgan fingerprint density at radius 2 is 1.89 bits per heavy atom. The summed E-state index contributed by atoms with van der Waals surface area (Å²) in [5.74, 6) is 1.66. The monoisotopic (exact) mass is 382 g/mol. The van der Waals surface area contributed by atoms with E-state index in [4.69, 9.17) is 4.74 Å². The summed E-state index contributed by atoms with van der Waals surface area (Å²) in [4.78, 5) is 12.2. The number of methoxy groups -OCH3 is 1. The average Bonchev–Trinajstić information content (AvgIpc) is 3.10. The molecule has 27 heavy (non-hydrogen) atoms. The highest BCUT2D eigenvalue weighted by atomic mass is 32.2. The number of thioether (sulfide) groups is 1. The number of nitrogens with one attached hydrogen (secondary N) is 1. The van der Waals surface area contributed by atoms with Crippen molar-refractivity contribution in [2.75, 3.05) is 18.2 Å². The quantitative estimate of drug-likeness (QED) is 0.625. The molecule has 2 aromatic carbocycles. The summed E-state index contributed by atoms with van der Waals surface area (Å²) in [7, 11) is 1.64. The highest BCUT2D eigenvalue weighted by Crippen LogP contribution is 2.30. The van der Waals surface area contributed by atoms with Gasteiger partial charge in [0.25, 0.3) is 0 Å². The number of ether oxygens (including phenoxy) is 1. The lowest BCUT2D eigenvalue weighted by Gasteiger charge is -2.10. The largest absolute Gasteiger partial charge is 0.496 e. The molecule has 1 heterocycles. The Balaban J connectivity index is 1.71. The van der Waals surface area contributed by atoms with Crippen LogP contribution in [-0.4, -0.2) is 33.5 Å². The van der Waals surface area contributed by atoms with Crippen molar-refractivity contribution in [3.63, 3.8) is 0 Å². The second-order valence-electron chi connectivity index (χ2n) is 5.95. The minimum Gasteiger partial charge on any atom is -0.496 e. The first-order valence-electron chi connectivity index (χ1n) is 8.68. The third kappa shape index (κ3) is 4.49. The van der Waals surface area contributed by atoms with E-state index in [1.165, 1.54) is 11.8 Å². The number of benzene rings is 2. The normalized spacial score (nSPS) is 10.6. The van der Waals surface area contributed by atoms with Crippen LogP contribution in [0.4, 0.5) is 5.69 Å². The Morgan fingerprint density at radius 1 is 1.15 bits per heavy atom. The van der Waals surface area contributed by atoms with Gasteiger partial charge in [0.15, 0.2) is 11.0 Å². The lowest BCUT2D eigenvalue weighted by molar-refractivity contribution is -0.113. The van der Waals surface area contributed by atoms with Crippen molar-refractivity contribution in [1.82, 2.24) is 14.8 Å². The van der Waals surface area contributed by atoms with Crippen molar-refractivity contribution in [2.45, 2.75) is 25.5 Å². The summed E-state index contributed by atoms with van der Waals surface area (Å²) < 4.78 is 7.42. The van der Waals surface area contributed by atoms with Crippen molar-refractivity contribution in [1.29, 1.82) is 0 Å². The number of aryl methyl sites for hydroxylation is 1. The fourth-order valence-electron chi connectivity index (χ4n) is 2.67. The van der Waals surface area contributed by atoms with Gasteiger partial charge >= 0.3 is 0 Å². The minimum absolute atomic E-state index is 0.0756. The number of para-hydroxylation sites is 1. The SMILES string of the molecule is CCn1c(SCC(=O)Nc2ccc(C)cc2)nnc1-c1ccccc1OC. The van der Waals surface area contributed by atoms with Crippen LogP contribution in [0.5, 0.6) is 5.75 Å². The maximum Gasteiger partial charge on any atom is 0.234 e. The highest BCUT2D eigenvalue weighted by Gasteiger charge is 2.17. The molecule has 3 rings (SSSR count). The lowest BCUT2D eigenvalue weighted by Crippen LogP contribution is -2.14. The first kappa shape index (κ1) is 19.0. The molecule has 0 spiro atoms. The van der Waals surface area contributed by atoms with Gasteiger partial charge in [-0.15, -0.1) is 10.2 Å². The standard InChI is InChI=1S/C20H22N4O2S/c1-4-24-19(16-7-5-6-8-17(16)26-3)22-23-20(24)27-13-18(25)21-15-11-9-14(2)10-12-15/h5-12H,4,13H2,1-3H3,(H,21,25). The van der Waals surface area contributed by atoms with Crippen LogP contribution in [0, 0.1) is 6.92 Å². The first-order valence-corrected chi connectivity index (χ1v) is 9.66. The average molecular weight is 382 g/mol. The van der Waals surface area contributed by atoms with E-state index < -0.39 is 0 Å². The van der Waals surface area contributed by atoms with Crippen molar-refractivity contribution in [2.24, 2.45) is 0 Å². The smallest absolute Gasteiger partial charge is 0.234 e. The van der Waals surface area contributed by atoms with Crippen molar-refractivity contribution in [3.05, 3.63) is 54.1 Å². The summed E-state index contributed by atoms with van der Waals surface area (Å²) in [6, 6.07) is 15.4. The predicted octanol–water partition coefficient (Wildman–Crippen LogP) is 4.01. The van der Waals surface area contributed by atoms with E-state index >= 15 is 0 Å². The molecule has 1 amide bonds. The van der Waals surface area contributed by atoms with Crippen LogP contribution >= 0.6 is 11.8 Å².